The zero-order valence-corrected chi connectivity index (χ0v) is 17.0. The number of esters is 1. The lowest BCUT2D eigenvalue weighted by molar-refractivity contribution is -0.134. The van der Waals surface area contributed by atoms with Gasteiger partial charge in [-0.2, -0.15) is 0 Å². The van der Waals surface area contributed by atoms with Gasteiger partial charge in [0.1, 0.15) is 16.9 Å². The van der Waals surface area contributed by atoms with Crippen LogP contribution in [0.2, 0.25) is 0 Å². The van der Waals surface area contributed by atoms with Crippen molar-refractivity contribution in [2.75, 3.05) is 6.54 Å². The van der Waals surface area contributed by atoms with E-state index in [-0.39, 0.29) is 13.0 Å². The summed E-state index contributed by atoms with van der Waals surface area (Å²) >= 11 is 0. The number of carbonyl (C=O) groups excluding carboxylic acids is 2. The number of alkyl carbamates (subject to hydrolysis) is 1. The number of aryl methyl sites for hydroxylation is 2. The van der Waals surface area contributed by atoms with Gasteiger partial charge < -0.3 is 19.2 Å². The minimum atomic E-state index is -0.604. The molecular weight excluding hydrogens is 362 g/mol. The van der Waals surface area contributed by atoms with Gasteiger partial charge in [-0.1, -0.05) is 13.3 Å². The topological polar surface area (TPSA) is 94.8 Å². The average Bonchev–Trinajstić information content (AvgIpc) is 2.56. The van der Waals surface area contributed by atoms with E-state index >= 15 is 0 Å². The quantitative estimate of drug-likeness (QED) is 0.458. The summed E-state index contributed by atoms with van der Waals surface area (Å²) in [5.41, 5.74) is 0.891. The van der Waals surface area contributed by atoms with E-state index in [0.717, 1.165) is 23.8 Å². The predicted octanol–water partition coefficient (Wildman–Crippen LogP) is 3.87. The second-order valence-electron chi connectivity index (χ2n) is 7.56. The van der Waals surface area contributed by atoms with Gasteiger partial charge in [-0.3, -0.25) is 4.79 Å². The van der Waals surface area contributed by atoms with Gasteiger partial charge in [-0.15, -0.1) is 0 Å². The zero-order valence-electron chi connectivity index (χ0n) is 17.0. The van der Waals surface area contributed by atoms with Crippen LogP contribution < -0.4 is 15.7 Å². The first-order valence-electron chi connectivity index (χ1n) is 9.34. The van der Waals surface area contributed by atoms with Crippen molar-refractivity contribution in [1.29, 1.82) is 0 Å². The largest absolute Gasteiger partial charge is 0.444 e. The smallest absolute Gasteiger partial charge is 0.407 e. The lowest BCUT2D eigenvalue weighted by Gasteiger charge is -2.19. The summed E-state index contributed by atoms with van der Waals surface area (Å²) < 4.78 is 15.8. The predicted molar refractivity (Wildman–Crippen MR) is 106 cm³/mol. The Morgan fingerprint density at radius 2 is 1.93 bits per heavy atom. The fourth-order valence-corrected chi connectivity index (χ4v) is 2.75. The first kappa shape index (κ1) is 21.5. The summed E-state index contributed by atoms with van der Waals surface area (Å²) in [7, 11) is 0. The standard InChI is InChI=1S/C21H27NO6/c1-6-7-14-12-18(24)27-19-13(2)16(9-8-15(14)19)26-17(23)10-11-22-20(25)28-21(3,4)5/h8-9,12H,6-7,10-11H2,1-5H3,(H,22,25). The highest BCUT2D eigenvalue weighted by molar-refractivity contribution is 5.86. The fourth-order valence-electron chi connectivity index (χ4n) is 2.75. The van der Waals surface area contributed by atoms with E-state index in [1.54, 1.807) is 39.8 Å². The number of nitrogens with one attached hydrogen (secondary N) is 1. The van der Waals surface area contributed by atoms with Gasteiger partial charge in [0.2, 0.25) is 0 Å². The second-order valence-corrected chi connectivity index (χ2v) is 7.56. The highest BCUT2D eigenvalue weighted by Crippen LogP contribution is 2.29. The average molecular weight is 389 g/mol. The highest BCUT2D eigenvalue weighted by Gasteiger charge is 2.17. The van der Waals surface area contributed by atoms with Crippen LogP contribution in [0, 0.1) is 6.92 Å². The van der Waals surface area contributed by atoms with Gasteiger partial charge in [-0.25, -0.2) is 9.59 Å². The van der Waals surface area contributed by atoms with Crippen LogP contribution in [0.25, 0.3) is 11.0 Å². The number of hydrogen-bond donors (Lipinski definition) is 1. The molecule has 1 N–H and O–H groups in total. The molecule has 1 aromatic carbocycles. The molecule has 0 radical (unpaired) electrons. The van der Waals surface area contributed by atoms with Crippen molar-refractivity contribution in [3.8, 4) is 5.75 Å². The lowest BCUT2D eigenvalue weighted by Crippen LogP contribution is -2.34. The number of fused-ring (bicyclic) bond motifs is 1. The number of carbonyl (C=O) groups is 2. The molecule has 0 aliphatic carbocycles. The van der Waals surface area contributed by atoms with Crippen LogP contribution in [0.1, 0.15) is 51.7 Å². The Kier molecular flexibility index (Phi) is 6.83. The van der Waals surface area contributed by atoms with E-state index in [9.17, 15) is 14.4 Å². The molecule has 0 fully saturated rings. The Labute approximate surface area is 164 Å². The van der Waals surface area contributed by atoms with E-state index in [4.69, 9.17) is 13.9 Å². The van der Waals surface area contributed by atoms with Crippen LogP contribution in [0.5, 0.6) is 5.75 Å². The van der Waals surface area contributed by atoms with E-state index in [0.29, 0.717) is 16.9 Å². The van der Waals surface area contributed by atoms with Gasteiger partial charge in [0.25, 0.3) is 0 Å². The van der Waals surface area contributed by atoms with Crippen molar-refractivity contribution in [1.82, 2.24) is 5.32 Å². The van der Waals surface area contributed by atoms with Gasteiger partial charge in [-0.05, 0) is 51.8 Å². The maximum Gasteiger partial charge on any atom is 0.407 e. The number of amides is 1. The van der Waals surface area contributed by atoms with Gasteiger partial charge in [0.05, 0.1) is 6.42 Å². The summed E-state index contributed by atoms with van der Waals surface area (Å²) in [6.45, 7) is 9.14. The molecule has 0 aliphatic rings. The molecular formula is C21H27NO6. The maximum absolute atomic E-state index is 12.1. The first-order valence-corrected chi connectivity index (χ1v) is 9.34. The summed E-state index contributed by atoms with van der Waals surface area (Å²) in [4.78, 5) is 35.5. The minimum Gasteiger partial charge on any atom is -0.444 e. The van der Waals surface area contributed by atoms with Crippen LogP contribution in [0.4, 0.5) is 4.79 Å². The molecule has 1 aromatic heterocycles. The molecule has 0 unspecified atom stereocenters. The normalized spacial score (nSPS) is 11.3. The third-order valence-electron chi connectivity index (χ3n) is 3.94. The Balaban J connectivity index is 2.06. The number of benzene rings is 1. The van der Waals surface area contributed by atoms with E-state index in [1.807, 2.05) is 6.92 Å². The second kappa shape index (κ2) is 8.91. The molecule has 0 aliphatic heterocycles. The van der Waals surface area contributed by atoms with Crippen molar-refractivity contribution in [2.24, 2.45) is 0 Å². The Morgan fingerprint density at radius 1 is 1.21 bits per heavy atom. The molecule has 0 atom stereocenters. The molecule has 0 bridgehead atoms. The van der Waals surface area contributed by atoms with Crippen molar-refractivity contribution < 1.29 is 23.5 Å². The van der Waals surface area contributed by atoms with Crippen LogP contribution >= 0.6 is 0 Å². The molecule has 1 amide bonds. The molecule has 152 valence electrons. The maximum atomic E-state index is 12.1. The first-order chi connectivity index (χ1) is 13.1. The number of ether oxygens (including phenoxy) is 2. The molecule has 2 rings (SSSR count). The molecule has 0 saturated carbocycles. The SMILES string of the molecule is CCCc1cc(=O)oc2c(C)c(OC(=O)CCNC(=O)OC(C)(C)C)ccc12. The van der Waals surface area contributed by atoms with Crippen LogP contribution in [0.3, 0.4) is 0 Å². The van der Waals surface area contributed by atoms with Crippen molar-refractivity contribution in [3.63, 3.8) is 0 Å². The third kappa shape index (κ3) is 5.84. The highest BCUT2D eigenvalue weighted by atomic mass is 16.6. The monoisotopic (exact) mass is 389 g/mol. The minimum absolute atomic E-state index is 0.0173. The van der Waals surface area contributed by atoms with Crippen molar-refractivity contribution >= 4 is 23.0 Å². The molecule has 1 heterocycles. The molecule has 7 nitrogen and oxygen atoms in total. The summed E-state index contributed by atoms with van der Waals surface area (Å²) in [6.07, 6.45) is 1.06. The van der Waals surface area contributed by atoms with Crippen LogP contribution in [0.15, 0.2) is 27.4 Å². The molecule has 28 heavy (non-hydrogen) atoms. The van der Waals surface area contributed by atoms with Gasteiger partial charge in [0.15, 0.2) is 0 Å². The zero-order chi connectivity index (χ0) is 20.9. The molecule has 7 heteroatoms. The summed E-state index contributed by atoms with van der Waals surface area (Å²) in [5.74, 6) is -0.183. The molecule has 2 aromatic rings. The van der Waals surface area contributed by atoms with E-state index in [1.165, 1.54) is 6.07 Å². The van der Waals surface area contributed by atoms with Crippen molar-refractivity contribution in [2.45, 2.75) is 59.5 Å². The third-order valence-corrected chi connectivity index (χ3v) is 3.94. The summed E-state index contributed by atoms with van der Waals surface area (Å²) in [5, 5.41) is 3.35. The van der Waals surface area contributed by atoms with Gasteiger partial charge in [0, 0.05) is 23.6 Å². The Bertz CT molecular complexity index is 923. The molecule has 0 saturated heterocycles. The van der Waals surface area contributed by atoms with Crippen LogP contribution in [-0.2, 0) is 16.0 Å². The molecule has 0 spiro atoms. The van der Waals surface area contributed by atoms with Crippen molar-refractivity contribution in [3.05, 3.63) is 39.7 Å². The van der Waals surface area contributed by atoms with Crippen LogP contribution in [-0.4, -0.2) is 24.2 Å². The lowest BCUT2D eigenvalue weighted by atomic mass is 10.0. The summed E-state index contributed by atoms with van der Waals surface area (Å²) in [6, 6.07) is 4.98. The number of rotatable bonds is 6. The Morgan fingerprint density at radius 3 is 2.57 bits per heavy atom. The fraction of sp³-hybridized carbons (Fsp3) is 0.476. The van der Waals surface area contributed by atoms with Gasteiger partial charge >= 0.3 is 17.7 Å². The van der Waals surface area contributed by atoms with E-state index in [2.05, 4.69) is 5.32 Å². The van der Waals surface area contributed by atoms with E-state index < -0.39 is 23.3 Å². The number of hydrogen-bond acceptors (Lipinski definition) is 6. The Hall–Kier alpha value is -2.83.